The van der Waals surface area contributed by atoms with E-state index < -0.39 is 7.82 Å². The van der Waals surface area contributed by atoms with E-state index in [9.17, 15) is 0 Å². The average Bonchev–Trinajstić information content (AvgIpc) is 2.52. The molecule has 7 heteroatoms. The van der Waals surface area contributed by atoms with Gasteiger partial charge in [0, 0.05) is 18.4 Å². The highest BCUT2D eigenvalue weighted by atomic mass is 31.2. The molecule has 0 amide bonds. The van der Waals surface area contributed by atoms with Gasteiger partial charge in [-0.3, -0.25) is 0 Å². The lowest BCUT2D eigenvalue weighted by Crippen LogP contribution is -2.00. The molecule has 0 spiro atoms. The number of phosphoric acid groups is 1. The Kier molecular flexibility index (Phi) is 6.43. The first-order valence-electron chi connectivity index (χ1n) is 4.60. The van der Waals surface area contributed by atoms with Gasteiger partial charge in [-0.05, 0) is 13.3 Å². The van der Waals surface area contributed by atoms with Crippen molar-refractivity contribution in [3.05, 3.63) is 18.7 Å². The van der Waals surface area contributed by atoms with E-state index in [-0.39, 0.29) is 0 Å². The first-order valence-corrected chi connectivity index (χ1v) is 6.16. The summed E-state index contributed by atoms with van der Waals surface area (Å²) < 4.78 is 11.0. The van der Waals surface area contributed by atoms with Gasteiger partial charge in [0.1, 0.15) is 0 Å². The minimum atomic E-state index is -4.64. The van der Waals surface area contributed by atoms with Gasteiger partial charge in [0.05, 0.1) is 6.33 Å². The molecule has 0 saturated carbocycles. The Morgan fingerprint density at radius 1 is 1.47 bits per heavy atom. The number of imidazole rings is 1. The van der Waals surface area contributed by atoms with Crippen LogP contribution in [0.2, 0.25) is 0 Å². The van der Waals surface area contributed by atoms with Crippen molar-refractivity contribution >= 4 is 7.82 Å². The lowest BCUT2D eigenvalue weighted by Gasteiger charge is -2.10. The van der Waals surface area contributed by atoms with Gasteiger partial charge in [0.25, 0.3) is 0 Å². The largest absolute Gasteiger partial charge is 0.466 e. The van der Waals surface area contributed by atoms with Gasteiger partial charge in [-0.2, -0.15) is 0 Å². The van der Waals surface area contributed by atoms with E-state index >= 15 is 0 Å². The maximum Gasteiger partial charge on any atom is 0.466 e. The highest BCUT2D eigenvalue weighted by molar-refractivity contribution is 7.45. The fourth-order valence-corrected chi connectivity index (χ4v) is 1.10. The number of hydrogen-bond acceptors (Lipinski definition) is 2. The molecule has 0 aliphatic heterocycles. The molecule has 1 aromatic rings. The van der Waals surface area contributed by atoms with Crippen molar-refractivity contribution < 1.29 is 19.2 Å². The van der Waals surface area contributed by atoms with Gasteiger partial charge in [0.2, 0.25) is 0 Å². The summed E-state index contributed by atoms with van der Waals surface area (Å²) in [6.45, 7) is 4.42. The van der Waals surface area contributed by atoms with Crippen molar-refractivity contribution in [2.45, 2.75) is 32.7 Å². The van der Waals surface area contributed by atoms with Crippen LogP contribution in [-0.2, 0) is 4.57 Å². The molecule has 15 heavy (non-hydrogen) atoms. The molecule has 1 rings (SSSR count). The van der Waals surface area contributed by atoms with Crippen LogP contribution in [0.25, 0.3) is 0 Å². The van der Waals surface area contributed by atoms with E-state index in [1.165, 1.54) is 12.8 Å². The molecule has 88 valence electrons. The molecule has 0 saturated heterocycles. The Labute approximate surface area is 88.8 Å². The molecule has 0 aliphatic carbocycles. The van der Waals surface area contributed by atoms with Gasteiger partial charge in [-0.1, -0.05) is 13.3 Å². The normalized spacial score (nSPS) is 12.9. The molecule has 1 atom stereocenters. The average molecular weight is 236 g/mol. The van der Waals surface area contributed by atoms with Gasteiger partial charge in [0.15, 0.2) is 0 Å². The summed E-state index contributed by atoms with van der Waals surface area (Å²) in [6.07, 6.45) is 8.18. The van der Waals surface area contributed by atoms with E-state index in [4.69, 9.17) is 19.2 Å². The van der Waals surface area contributed by atoms with Crippen molar-refractivity contribution in [1.29, 1.82) is 0 Å². The molecular formula is C8H17N2O4P. The predicted octanol–water partition coefficient (Wildman–Crippen LogP) is 1.32. The molecule has 0 fully saturated rings. The van der Waals surface area contributed by atoms with Crippen molar-refractivity contribution in [1.82, 2.24) is 9.55 Å². The van der Waals surface area contributed by atoms with E-state index in [0.29, 0.717) is 6.04 Å². The molecule has 6 nitrogen and oxygen atoms in total. The van der Waals surface area contributed by atoms with Crippen molar-refractivity contribution in [2.24, 2.45) is 0 Å². The van der Waals surface area contributed by atoms with Crippen LogP contribution >= 0.6 is 7.82 Å². The number of nitrogens with zero attached hydrogens (tertiary/aromatic N) is 2. The Balaban J connectivity index is 0.000000336. The van der Waals surface area contributed by atoms with E-state index in [2.05, 4.69) is 23.4 Å². The smallest absolute Gasteiger partial charge is 0.335 e. The van der Waals surface area contributed by atoms with Crippen LogP contribution in [0.1, 0.15) is 32.7 Å². The molecule has 0 bridgehead atoms. The third-order valence-corrected chi connectivity index (χ3v) is 1.74. The molecule has 3 N–H and O–H groups in total. The Bertz CT molecular complexity index is 287. The SMILES string of the molecule is CCCC(C)n1ccnc1.O=P(O)(O)O. The zero-order valence-electron chi connectivity index (χ0n) is 8.82. The predicted molar refractivity (Wildman–Crippen MR) is 56.1 cm³/mol. The standard InChI is InChI=1S/C8H14N2.H3O4P/c1-3-4-8(2)10-6-5-9-7-10;1-5(2,3)4/h5-8H,3-4H2,1-2H3;(H3,1,2,3,4). The fourth-order valence-electron chi connectivity index (χ4n) is 1.10. The minimum Gasteiger partial charge on any atom is -0.335 e. The molecule has 1 heterocycles. The lowest BCUT2D eigenvalue weighted by atomic mass is 10.2. The third kappa shape index (κ3) is 9.62. The first kappa shape index (κ1) is 14.3. The van der Waals surface area contributed by atoms with E-state index in [1.807, 2.05) is 18.7 Å². The summed E-state index contributed by atoms with van der Waals surface area (Å²) >= 11 is 0. The zero-order valence-corrected chi connectivity index (χ0v) is 9.71. The van der Waals surface area contributed by atoms with Crippen molar-refractivity contribution in [3.8, 4) is 0 Å². The Morgan fingerprint density at radius 2 is 2.00 bits per heavy atom. The highest BCUT2D eigenvalue weighted by Gasteiger charge is 2.00. The van der Waals surface area contributed by atoms with Gasteiger partial charge in [-0.25, -0.2) is 9.55 Å². The van der Waals surface area contributed by atoms with Crippen LogP contribution in [-0.4, -0.2) is 24.2 Å². The molecule has 1 unspecified atom stereocenters. The summed E-state index contributed by atoms with van der Waals surface area (Å²) in [4.78, 5) is 25.6. The topological polar surface area (TPSA) is 95.6 Å². The fraction of sp³-hybridized carbons (Fsp3) is 0.625. The molecule has 0 aliphatic rings. The van der Waals surface area contributed by atoms with Crippen LogP contribution < -0.4 is 0 Å². The second kappa shape index (κ2) is 6.74. The molecular weight excluding hydrogens is 219 g/mol. The third-order valence-electron chi connectivity index (χ3n) is 1.74. The van der Waals surface area contributed by atoms with Gasteiger partial charge in [-0.15, -0.1) is 0 Å². The first-order chi connectivity index (χ1) is 6.84. The monoisotopic (exact) mass is 236 g/mol. The van der Waals surface area contributed by atoms with Crippen LogP contribution in [0.3, 0.4) is 0 Å². The summed E-state index contributed by atoms with van der Waals surface area (Å²) in [7, 11) is -4.64. The zero-order chi connectivity index (χ0) is 11.9. The van der Waals surface area contributed by atoms with E-state index in [0.717, 1.165) is 0 Å². The van der Waals surface area contributed by atoms with Crippen molar-refractivity contribution in [3.63, 3.8) is 0 Å². The maximum atomic E-state index is 8.88. The lowest BCUT2D eigenvalue weighted by molar-refractivity contribution is 0.275. The quantitative estimate of drug-likeness (QED) is 0.688. The second-order valence-corrected chi connectivity index (χ2v) is 4.19. The maximum absolute atomic E-state index is 8.88. The Hall–Kier alpha value is -0.680. The van der Waals surface area contributed by atoms with Gasteiger partial charge < -0.3 is 19.2 Å². The summed E-state index contributed by atoms with van der Waals surface area (Å²) in [5, 5.41) is 0. The Morgan fingerprint density at radius 3 is 2.33 bits per heavy atom. The van der Waals surface area contributed by atoms with Crippen LogP contribution in [0, 0.1) is 0 Å². The number of hydrogen-bond donors (Lipinski definition) is 3. The highest BCUT2D eigenvalue weighted by Crippen LogP contribution is 2.25. The number of aromatic nitrogens is 2. The minimum absolute atomic E-state index is 0.604. The summed E-state index contributed by atoms with van der Waals surface area (Å²) in [5.74, 6) is 0. The number of rotatable bonds is 3. The molecule has 0 radical (unpaired) electrons. The van der Waals surface area contributed by atoms with Crippen LogP contribution in [0.5, 0.6) is 0 Å². The molecule has 0 aromatic carbocycles. The summed E-state index contributed by atoms with van der Waals surface area (Å²) in [6, 6.07) is 0.604. The van der Waals surface area contributed by atoms with Crippen LogP contribution in [0.15, 0.2) is 18.7 Å². The van der Waals surface area contributed by atoms with Crippen molar-refractivity contribution in [2.75, 3.05) is 0 Å². The summed E-state index contributed by atoms with van der Waals surface area (Å²) in [5.41, 5.74) is 0. The van der Waals surface area contributed by atoms with E-state index in [1.54, 1.807) is 0 Å². The second-order valence-electron chi connectivity index (χ2n) is 3.16. The van der Waals surface area contributed by atoms with Gasteiger partial charge >= 0.3 is 7.82 Å². The molecule has 1 aromatic heterocycles. The van der Waals surface area contributed by atoms with Crippen LogP contribution in [0.4, 0.5) is 0 Å².